The van der Waals surface area contributed by atoms with E-state index in [0.29, 0.717) is 5.69 Å². The van der Waals surface area contributed by atoms with Gasteiger partial charge in [0.15, 0.2) is 0 Å². The monoisotopic (exact) mass is 233 g/mol. The van der Waals surface area contributed by atoms with Crippen molar-refractivity contribution in [1.29, 1.82) is 0 Å². The number of unbranched alkanes of at least 4 members (excludes halogenated alkanes) is 1. The van der Waals surface area contributed by atoms with E-state index in [1.54, 1.807) is 10.9 Å². The van der Waals surface area contributed by atoms with Crippen LogP contribution >= 0.6 is 15.9 Å². The number of aromatic nitrogens is 3. The summed E-state index contributed by atoms with van der Waals surface area (Å²) in [6.07, 6.45) is 3.99. The lowest BCUT2D eigenvalue weighted by atomic mass is 10.3. The molecule has 0 aromatic carbocycles. The molecule has 0 aliphatic rings. The zero-order valence-corrected chi connectivity index (χ0v) is 8.37. The molecule has 68 valence electrons. The third-order valence-corrected chi connectivity index (χ3v) is 2.08. The van der Waals surface area contributed by atoms with Crippen LogP contribution in [0.5, 0.6) is 0 Å². The molecule has 1 heterocycles. The van der Waals surface area contributed by atoms with Crippen molar-refractivity contribution in [1.82, 2.24) is 15.0 Å². The molecule has 1 N–H and O–H groups in total. The Kier molecular flexibility index (Phi) is 4.24. The Morgan fingerprint density at radius 3 is 2.92 bits per heavy atom. The van der Waals surface area contributed by atoms with E-state index in [9.17, 15) is 0 Å². The molecule has 0 aliphatic carbocycles. The molecule has 1 rings (SSSR count). The van der Waals surface area contributed by atoms with Crippen LogP contribution in [0.2, 0.25) is 0 Å². The van der Waals surface area contributed by atoms with Gasteiger partial charge in [-0.25, -0.2) is 0 Å². The third kappa shape index (κ3) is 2.91. The number of aliphatic hydroxyl groups excluding tert-OH is 1. The molecule has 0 aliphatic heterocycles. The largest absolute Gasteiger partial charge is 0.390 e. The van der Waals surface area contributed by atoms with Gasteiger partial charge in [-0.3, -0.25) is 4.68 Å². The first-order chi connectivity index (χ1) is 5.86. The molecule has 0 saturated heterocycles. The van der Waals surface area contributed by atoms with Crippen LogP contribution in [-0.4, -0.2) is 25.4 Å². The van der Waals surface area contributed by atoms with E-state index in [0.717, 1.165) is 24.7 Å². The number of aliphatic hydroxyl groups is 1. The van der Waals surface area contributed by atoms with Crippen LogP contribution < -0.4 is 0 Å². The molecule has 0 unspecified atom stereocenters. The normalized spacial score (nSPS) is 10.5. The lowest BCUT2D eigenvalue weighted by Gasteiger charge is -1.96. The van der Waals surface area contributed by atoms with Gasteiger partial charge in [0.25, 0.3) is 0 Å². The summed E-state index contributed by atoms with van der Waals surface area (Å²) in [7, 11) is 0. The topological polar surface area (TPSA) is 50.9 Å². The first-order valence-corrected chi connectivity index (χ1v) is 5.05. The van der Waals surface area contributed by atoms with E-state index < -0.39 is 0 Å². The summed E-state index contributed by atoms with van der Waals surface area (Å²) >= 11 is 3.36. The summed E-state index contributed by atoms with van der Waals surface area (Å²) in [5, 5.41) is 17.3. The van der Waals surface area contributed by atoms with E-state index >= 15 is 0 Å². The zero-order chi connectivity index (χ0) is 8.81. The van der Waals surface area contributed by atoms with Crippen LogP contribution in [0.3, 0.4) is 0 Å². The van der Waals surface area contributed by atoms with Crippen molar-refractivity contribution in [2.45, 2.75) is 26.0 Å². The van der Waals surface area contributed by atoms with Crippen molar-refractivity contribution in [2.24, 2.45) is 0 Å². The van der Waals surface area contributed by atoms with Crippen molar-refractivity contribution in [3.8, 4) is 0 Å². The fourth-order valence-corrected chi connectivity index (χ4v) is 1.29. The third-order valence-electron chi connectivity index (χ3n) is 1.52. The summed E-state index contributed by atoms with van der Waals surface area (Å²) in [6, 6.07) is 0. The number of aryl methyl sites for hydroxylation is 1. The van der Waals surface area contributed by atoms with E-state index in [2.05, 4.69) is 26.2 Å². The Hall–Kier alpha value is -0.420. The van der Waals surface area contributed by atoms with Gasteiger partial charge in [0.05, 0.1) is 12.8 Å². The standard InChI is InChI=1S/C7H12BrN3O/c8-3-1-2-4-11-5-7(6-12)9-10-11/h5,12H,1-4,6H2. The van der Waals surface area contributed by atoms with Crippen LogP contribution in [0, 0.1) is 0 Å². The molecule has 0 radical (unpaired) electrons. The van der Waals surface area contributed by atoms with Gasteiger partial charge in [0.2, 0.25) is 0 Å². The van der Waals surface area contributed by atoms with Gasteiger partial charge in [-0.2, -0.15) is 0 Å². The molecule has 0 fully saturated rings. The second-order valence-corrected chi connectivity index (χ2v) is 3.32. The van der Waals surface area contributed by atoms with Gasteiger partial charge in [-0.15, -0.1) is 5.10 Å². The molecule has 4 nitrogen and oxygen atoms in total. The maximum absolute atomic E-state index is 8.70. The maximum Gasteiger partial charge on any atom is 0.108 e. The SMILES string of the molecule is OCc1cn(CCCCBr)nn1. The highest BCUT2D eigenvalue weighted by Crippen LogP contribution is 1.98. The molecular weight excluding hydrogens is 222 g/mol. The minimum Gasteiger partial charge on any atom is -0.390 e. The van der Waals surface area contributed by atoms with E-state index in [-0.39, 0.29) is 6.61 Å². The molecule has 0 atom stereocenters. The summed E-state index contributed by atoms with van der Waals surface area (Å²) < 4.78 is 1.76. The molecule has 1 aromatic heterocycles. The van der Waals surface area contributed by atoms with Crippen LogP contribution in [-0.2, 0) is 13.2 Å². The van der Waals surface area contributed by atoms with Crippen molar-refractivity contribution >= 4 is 15.9 Å². The smallest absolute Gasteiger partial charge is 0.108 e. The minimum absolute atomic E-state index is 0.0293. The predicted molar refractivity (Wildman–Crippen MR) is 49.0 cm³/mol. The summed E-state index contributed by atoms with van der Waals surface area (Å²) in [6.45, 7) is 0.844. The fourth-order valence-electron chi connectivity index (χ4n) is 0.889. The number of alkyl halides is 1. The fraction of sp³-hybridized carbons (Fsp3) is 0.714. The highest BCUT2D eigenvalue weighted by molar-refractivity contribution is 9.09. The summed E-state index contributed by atoms with van der Waals surface area (Å²) in [4.78, 5) is 0. The highest BCUT2D eigenvalue weighted by atomic mass is 79.9. The molecule has 0 spiro atoms. The van der Waals surface area contributed by atoms with Crippen molar-refractivity contribution in [2.75, 3.05) is 5.33 Å². The predicted octanol–water partition coefficient (Wildman–Crippen LogP) is 0.946. The van der Waals surface area contributed by atoms with Gasteiger partial charge < -0.3 is 5.11 Å². The first-order valence-electron chi connectivity index (χ1n) is 3.92. The zero-order valence-electron chi connectivity index (χ0n) is 6.78. The Morgan fingerprint density at radius 2 is 2.33 bits per heavy atom. The van der Waals surface area contributed by atoms with Crippen LogP contribution in [0.1, 0.15) is 18.5 Å². The molecule has 0 saturated carbocycles. The molecule has 12 heavy (non-hydrogen) atoms. The van der Waals surface area contributed by atoms with E-state index in [4.69, 9.17) is 5.11 Å². The van der Waals surface area contributed by atoms with Gasteiger partial charge in [0, 0.05) is 11.9 Å². The molecule has 5 heteroatoms. The summed E-state index contributed by atoms with van der Waals surface area (Å²) in [5.41, 5.74) is 0.633. The lowest BCUT2D eigenvalue weighted by molar-refractivity contribution is 0.276. The highest BCUT2D eigenvalue weighted by Gasteiger charge is 1.97. The second kappa shape index (κ2) is 5.27. The van der Waals surface area contributed by atoms with Gasteiger partial charge in [-0.05, 0) is 12.8 Å². The maximum atomic E-state index is 8.70. The van der Waals surface area contributed by atoms with Gasteiger partial charge in [-0.1, -0.05) is 21.1 Å². The lowest BCUT2D eigenvalue weighted by Crippen LogP contribution is -1.98. The average Bonchev–Trinajstić information content (AvgIpc) is 2.53. The Bertz CT molecular complexity index is 226. The van der Waals surface area contributed by atoms with Crippen LogP contribution in [0.25, 0.3) is 0 Å². The second-order valence-electron chi connectivity index (χ2n) is 2.53. The number of rotatable bonds is 5. The molecule has 0 amide bonds. The number of hydrogen-bond acceptors (Lipinski definition) is 3. The summed E-state index contributed by atoms with van der Waals surface area (Å²) in [5.74, 6) is 0. The Morgan fingerprint density at radius 1 is 1.50 bits per heavy atom. The van der Waals surface area contributed by atoms with Crippen molar-refractivity contribution < 1.29 is 5.11 Å². The van der Waals surface area contributed by atoms with Gasteiger partial charge >= 0.3 is 0 Å². The van der Waals surface area contributed by atoms with E-state index in [1.165, 1.54) is 0 Å². The van der Waals surface area contributed by atoms with Gasteiger partial charge in [0.1, 0.15) is 5.69 Å². The number of nitrogens with zero attached hydrogens (tertiary/aromatic N) is 3. The molecule has 1 aromatic rings. The van der Waals surface area contributed by atoms with Crippen LogP contribution in [0.4, 0.5) is 0 Å². The minimum atomic E-state index is -0.0293. The Labute approximate surface area is 79.7 Å². The van der Waals surface area contributed by atoms with Crippen LogP contribution in [0.15, 0.2) is 6.20 Å². The molecular formula is C7H12BrN3O. The molecule has 0 bridgehead atoms. The van der Waals surface area contributed by atoms with Crippen molar-refractivity contribution in [3.05, 3.63) is 11.9 Å². The average molecular weight is 234 g/mol. The van der Waals surface area contributed by atoms with E-state index in [1.807, 2.05) is 0 Å². The first kappa shape index (κ1) is 9.67. The number of halogens is 1. The quantitative estimate of drug-likeness (QED) is 0.609. The Balaban J connectivity index is 2.31. The van der Waals surface area contributed by atoms with Crippen molar-refractivity contribution in [3.63, 3.8) is 0 Å². The number of hydrogen-bond donors (Lipinski definition) is 1.